The second-order valence-corrected chi connectivity index (χ2v) is 10.6. The minimum Gasteiger partial charge on any atom is -0.487 e. The fourth-order valence-electron chi connectivity index (χ4n) is 3.78. The molecule has 4 aromatic rings. The molecule has 12 heteroatoms. The first-order chi connectivity index (χ1) is 19.6. The van der Waals surface area contributed by atoms with Gasteiger partial charge in [0.1, 0.15) is 12.4 Å². The van der Waals surface area contributed by atoms with Crippen LogP contribution in [-0.2, 0) is 31.1 Å². The van der Waals surface area contributed by atoms with Crippen LogP contribution in [0.2, 0.25) is 5.02 Å². The number of anilines is 3. The molecule has 41 heavy (non-hydrogen) atoms. The average molecular weight is 594 g/mol. The number of hydrogen-bond acceptors (Lipinski definition) is 6. The van der Waals surface area contributed by atoms with Crippen molar-refractivity contribution in [2.24, 2.45) is 0 Å². The Hall–Kier alpha value is -4.71. The Kier molecular flexibility index (Phi) is 9.35. The third kappa shape index (κ3) is 8.15. The molecule has 0 aliphatic heterocycles. The van der Waals surface area contributed by atoms with Gasteiger partial charge in [-0.1, -0.05) is 78.3 Å². The van der Waals surface area contributed by atoms with Crippen LogP contribution in [0.25, 0.3) is 0 Å². The Bertz CT molecular complexity index is 1670. The smallest absolute Gasteiger partial charge is 0.314 e. The summed E-state index contributed by atoms with van der Waals surface area (Å²) in [5, 5.41) is 5.63. The van der Waals surface area contributed by atoms with Gasteiger partial charge in [-0.2, -0.15) is 8.42 Å². The molecule has 1 atom stereocenters. The molecule has 0 aromatic heterocycles. The van der Waals surface area contributed by atoms with Gasteiger partial charge in [-0.15, -0.1) is 0 Å². The topological polar surface area (TPSA) is 151 Å². The van der Waals surface area contributed by atoms with E-state index in [4.69, 9.17) is 16.3 Å². The summed E-state index contributed by atoms with van der Waals surface area (Å²) in [5.41, 5.74) is 1.56. The first-order valence-corrected chi connectivity index (χ1v) is 14.0. The summed E-state index contributed by atoms with van der Waals surface area (Å²) < 4.78 is 39.2. The van der Waals surface area contributed by atoms with E-state index >= 15 is 0 Å². The van der Waals surface area contributed by atoms with E-state index < -0.39 is 33.1 Å². The van der Waals surface area contributed by atoms with Gasteiger partial charge in [0.2, 0.25) is 5.91 Å². The van der Waals surface area contributed by atoms with E-state index in [1.165, 1.54) is 60.7 Å². The highest BCUT2D eigenvalue weighted by Crippen LogP contribution is 2.29. The Balaban J connectivity index is 1.36. The Morgan fingerprint density at radius 3 is 1.88 bits per heavy atom. The van der Waals surface area contributed by atoms with E-state index in [1.54, 1.807) is 12.1 Å². The Labute approximate surface area is 241 Å². The van der Waals surface area contributed by atoms with Gasteiger partial charge in [-0.3, -0.25) is 18.9 Å². The van der Waals surface area contributed by atoms with Crippen LogP contribution in [0.4, 0.5) is 17.1 Å². The van der Waals surface area contributed by atoms with Gasteiger partial charge in [-0.05, 0) is 47.5 Å². The third-order valence-corrected chi connectivity index (χ3v) is 7.04. The molecule has 0 radical (unpaired) electrons. The Morgan fingerprint density at radius 1 is 0.732 bits per heavy atom. The molecule has 4 rings (SSSR count). The molecule has 3 amide bonds. The molecular weight excluding hydrogens is 570 g/mol. The quantitative estimate of drug-likeness (QED) is 0.156. The van der Waals surface area contributed by atoms with Crippen molar-refractivity contribution in [1.29, 1.82) is 0 Å². The normalized spacial score (nSPS) is 11.7. The Morgan fingerprint density at radius 2 is 1.29 bits per heavy atom. The predicted molar refractivity (Wildman–Crippen MR) is 155 cm³/mol. The summed E-state index contributed by atoms with van der Waals surface area (Å²) in [6.45, 7) is 0.302. The van der Waals surface area contributed by atoms with Crippen molar-refractivity contribution in [1.82, 2.24) is 0 Å². The molecule has 1 unspecified atom stereocenters. The maximum atomic E-state index is 12.7. The molecule has 10 nitrogen and oxygen atoms in total. The van der Waals surface area contributed by atoms with E-state index in [2.05, 4.69) is 16.0 Å². The van der Waals surface area contributed by atoms with Crippen LogP contribution in [0.1, 0.15) is 16.4 Å². The van der Waals surface area contributed by atoms with Crippen LogP contribution in [0, 0.1) is 0 Å². The molecule has 0 heterocycles. The lowest BCUT2D eigenvalue weighted by molar-refractivity contribution is -0.132. The second kappa shape index (κ2) is 13.1. The summed E-state index contributed by atoms with van der Waals surface area (Å²) in [5.74, 6) is -2.59. The largest absolute Gasteiger partial charge is 0.487 e. The minimum absolute atomic E-state index is 0.0736. The first kappa shape index (κ1) is 29.3. The number of nitrogens with one attached hydrogen (secondary N) is 3. The van der Waals surface area contributed by atoms with Crippen LogP contribution in [-0.4, -0.2) is 30.7 Å². The molecule has 0 saturated heterocycles. The number of carbonyl (C=O) groups is 3. The van der Waals surface area contributed by atoms with Crippen molar-refractivity contribution in [2.75, 3.05) is 16.0 Å². The van der Waals surface area contributed by atoms with Crippen molar-refractivity contribution in [2.45, 2.75) is 11.9 Å². The van der Waals surface area contributed by atoms with E-state index in [0.717, 1.165) is 5.56 Å². The number of amides is 3. The highest BCUT2D eigenvalue weighted by Gasteiger charge is 2.33. The number of ether oxygens (including phenoxy) is 1. The van der Waals surface area contributed by atoms with Crippen LogP contribution in [0.15, 0.2) is 103 Å². The van der Waals surface area contributed by atoms with Crippen LogP contribution < -0.4 is 20.7 Å². The van der Waals surface area contributed by atoms with Crippen molar-refractivity contribution < 1.29 is 32.1 Å². The molecule has 4 aromatic carbocycles. The highest BCUT2D eigenvalue weighted by atomic mass is 35.5. The molecule has 0 bridgehead atoms. The molecule has 4 N–H and O–H groups in total. The van der Waals surface area contributed by atoms with Gasteiger partial charge in [-0.25, -0.2) is 0 Å². The number of rotatable bonds is 9. The summed E-state index contributed by atoms with van der Waals surface area (Å²) in [6.07, 6.45) is 0. The van der Waals surface area contributed by atoms with Gasteiger partial charge in [0, 0.05) is 17.1 Å². The fraction of sp³-hybridized carbons (Fsp3) is 0.0690. The molecule has 0 fully saturated rings. The minimum atomic E-state index is -4.78. The van der Waals surface area contributed by atoms with Crippen molar-refractivity contribution in [3.8, 4) is 5.75 Å². The van der Waals surface area contributed by atoms with E-state index in [-0.39, 0.29) is 27.6 Å². The number of benzene rings is 4. The van der Waals surface area contributed by atoms with Crippen LogP contribution >= 0.6 is 11.6 Å². The second-order valence-electron chi connectivity index (χ2n) is 8.70. The van der Waals surface area contributed by atoms with Gasteiger partial charge < -0.3 is 20.7 Å². The van der Waals surface area contributed by atoms with Crippen molar-refractivity contribution >= 4 is 56.5 Å². The molecular formula is C29H24ClN3O7S. The maximum Gasteiger partial charge on any atom is 0.314 e. The monoisotopic (exact) mass is 593 g/mol. The van der Waals surface area contributed by atoms with Gasteiger partial charge in [0.05, 0.1) is 5.02 Å². The third-order valence-electron chi connectivity index (χ3n) is 5.66. The SMILES string of the molecule is O=C(Nc1cccc(NC(=O)C(c2ccccc2)S(=O)(=O)O)c1)C(=O)Nc1ccc(OCc2ccccc2)c(Cl)c1. The summed E-state index contributed by atoms with van der Waals surface area (Å²) in [7, 11) is -4.78. The van der Waals surface area contributed by atoms with Crippen molar-refractivity contribution in [3.05, 3.63) is 119 Å². The molecule has 0 saturated carbocycles. The molecule has 0 aliphatic carbocycles. The molecule has 210 valence electrons. The van der Waals surface area contributed by atoms with Gasteiger partial charge >= 0.3 is 11.8 Å². The summed E-state index contributed by atoms with van der Waals surface area (Å²) >= 11 is 6.27. The van der Waals surface area contributed by atoms with E-state index in [1.807, 2.05) is 30.3 Å². The van der Waals surface area contributed by atoms with Gasteiger partial charge in [0.15, 0.2) is 5.25 Å². The maximum absolute atomic E-state index is 12.7. The summed E-state index contributed by atoms with van der Waals surface area (Å²) in [4.78, 5) is 37.7. The zero-order valence-electron chi connectivity index (χ0n) is 21.3. The lowest BCUT2D eigenvalue weighted by Gasteiger charge is -2.15. The first-order valence-electron chi connectivity index (χ1n) is 12.1. The average Bonchev–Trinajstić information content (AvgIpc) is 2.93. The predicted octanol–water partition coefficient (Wildman–Crippen LogP) is 5.06. The lowest BCUT2D eigenvalue weighted by atomic mass is 10.1. The molecule has 0 spiro atoms. The van der Waals surface area contributed by atoms with Crippen molar-refractivity contribution in [3.63, 3.8) is 0 Å². The standard InChI is InChI=1S/C29H24ClN3O7S/c30-24-17-23(14-15-25(24)40-18-19-8-3-1-4-9-19)33-29(36)28(35)32-22-13-7-12-21(16-22)31-27(34)26(41(37,38)39)20-10-5-2-6-11-20/h1-17,26H,18H2,(H,31,34)(H,32,35)(H,33,36)(H,37,38,39). The van der Waals surface area contributed by atoms with Crippen LogP contribution in [0.3, 0.4) is 0 Å². The number of halogens is 1. The van der Waals surface area contributed by atoms with E-state index in [9.17, 15) is 27.4 Å². The van der Waals surface area contributed by atoms with Gasteiger partial charge in [0.25, 0.3) is 10.1 Å². The zero-order valence-corrected chi connectivity index (χ0v) is 22.9. The summed E-state index contributed by atoms with van der Waals surface area (Å²) in [6, 6.07) is 27.2. The highest BCUT2D eigenvalue weighted by molar-refractivity contribution is 7.86. The number of carbonyl (C=O) groups excluding carboxylic acids is 3. The fourth-order valence-corrected chi connectivity index (χ4v) is 4.84. The lowest BCUT2D eigenvalue weighted by Crippen LogP contribution is -2.29. The molecule has 0 aliphatic rings. The number of hydrogen-bond donors (Lipinski definition) is 4. The van der Waals surface area contributed by atoms with Crippen LogP contribution in [0.5, 0.6) is 5.75 Å². The van der Waals surface area contributed by atoms with E-state index in [0.29, 0.717) is 12.4 Å². The zero-order chi connectivity index (χ0) is 29.4.